The number of hydrogen-bond donors (Lipinski definition) is 1. The van der Waals surface area contributed by atoms with Crippen molar-refractivity contribution >= 4 is 11.8 Å². The maximum absolute atomic E-state index is 3.73. The molecular formula is C17H27NS. The average molecular weight is 277 g/mol. The number of hydrogen-bond acceptors (Lipinski definition) is 2. The molecule has 2 heteroatoms. The van der Waals surface area contributed by atoms with Crippen molar-refractivity contribution in [2.75, 3.05) is 12.3 Å². The topological polar surface area (TPSA) is 12.0 Å². The third kappa shape index (κ3) is 5.19. The predicted molar refractivity (Wildman–Crippen MR) is 85.8 cm³/mol. The highest BCUT2D eigenvalue weighted by atomic mass is 32.2. The van der Waals surface area contributed by atoms with Crippen molar-refractivity contribution in [2.45, 2.75) is 56.4 Å². The molecule has 0 aromatic heterocycles. The van der Waals surface area contributed by atoms with E-state index in [2.05, 4.69) is 42.6 Å². The van der Waals surface area contributed by atoms with Gasteiger partial charge in [0.2, 0.25) is 0 Å². The summed E-state index contributed by atoms with van der Waals surface area (Å²) in [6.07, 6.45) is 8.60. The van der Waals surface area contributed by atoms with E-state index >= 15 is 0 Å². The summed E-state index contributed by atoms with van der Waals surface area (Å²) in [5.41, 5.74) is 0. The van der Waals surface area contributed by atoms with E-state index in [9.17, 15) is 0 Å². The molecule has 1 nitrogen and oxygen atoms in total. The first kappa shape index (κ1) is 14.9. The van der Waals surface area contributed by atoms with Gasteiger partial charge in [0.25, 0.3) is 0 Å². The molecule has 1 aromatic rings. The molecule has 2 rings (SSSR count). The van der Waals surface area contributed by atoms with E-state index in [1.165, 1.54) is 49.2 Å². The van der Waals surface area contributed by atoms with Crippen LogP contribution in [-0.4, -0.2) is 18.3 Å². The van der Waals surface area contributed by atoms with E-state index in [1.807, 2.05) is 11.8 Å². The van der Waals surface area contributed by atoms with Crippen LogP contribution >= 0.6 is 11.8 Å². The summed E-state index contributed by atoms with van der Waals surface area (Å²) >= 11 is 2.01. The Hall–Kier alpha value is -0.470. The van der Waals surface area contributed by atoms with Crippen LogP contribution in [0.25, 0.3) is 0 Å². The van der Waals surface area contributed by atoms with E-state index in [-0.39, 0.29) is 0 Å². The first-order valence-electron chi connectivity index (χ1n) is 7.81. The van der Waals surface area contributed by atoms with Crippen LogP contribution in [0.3, 0.4) is 0 Å². The lowest BCUT2D eigenvalue weighted by molar-refractivity contribution is 0.347. The van der Waals surface area contributed by atoms with Gasteiger partial charge >= 0.3 is 0 Å². The largest absolute Gasteiger partial charge is 0.313 e. The van der Waals surface area contributed by atoms with Crippen LogP contribution in [-0.2, 0) is 0 Å². The predicted octanol–water partition coefficient (Wildman–Crippen LogP) is 4.73. The molecule has 0 spiro atoms. The Morgan fingerprint density at radius 1 is 1.11 bits per heavy atom. The third-order valence-corrected chi connectivity index (χ3v) is 5.24. The monoisotopic (exact) mass is 277 g/mol. The molecule has 0 heterocycles. The Morgan fingerprint density at radius 3 is 2.42 bits per heavy atom. The molecule has 0 aliphatic heterocycles. The molecule has 106 valence electrons. The highest BCUT2D eigenvalue weighted by molar-refractivity contribution is 7.99. The molecule has 1 atom stereocenters. The molecule has 0 bridgehead atoms. The van der Waals surface area contributed by atoms with Crippen molar-refractivity contribution in [3.63, 3.8) is 0 Å². The smallest absolute Gasteiger partial charge is 0.0189 e. The van der Waals surface area contributed by atoms with Crippen LogP contribution < -0.4 is 5.32 Å². The van der Waals surface area contributed by atoms with Crippen LogP contribution in [0.2, 0.25) is 0 Å². The van der Waals surface area contributed by atoms with E-state index < -0.39 is 0 Å². The lowest BCUT2D eigenvalue weighted by atomic mass is 9.93. The van der Waals surface area contributed by atoms with Gasteiger partial charge in [0, 0.05) is 16.7 Å². The Labute approximate surface area is 122 Å². The molecule has 1 aliphatic rings. The first-order chi connectivity index (χ1) is 9.40. The Kier molecular flexibility index (Phi) is 6.80. The van der Waals surface area contributed by atoms with E-state index in [1.54, 1.807) is 0 Å². The zero-order valence-corrected chi connectivity index (χ0v) is 12.9. The van der Waals surface area contributed by atoms with Gasteiger partial charge in [-0.15, -0.1) is 11.8 Å². The molecule has 0 amide bonds. The molecule has 1 fully saturated rings. The average Bonchev–Trinajstić information content (AvgIpc) is 2.73. The Bertz CT molecular complexity index is 330. The van der Waals surface area contributed by atoms with E-state index in [0.717, 1.165) is 12.5 Å². The lowest BCUT2D eigenvalue weighted by Crippen LogP contribution is -2.38. The van der Waals surface area contributed by atoms with Gasteiger partial charge in [0.15, 0.2) is 0 Å². The van der Waals surface area contributed by atoms with Gasteiger partial charge in [0.1, 0.15) is 0 Å². The molecule has 1 unspecified atom stereocenters. The normalized spacial score (nSPS) is 19.0. The van der Waals surface area contributed by atoms with E-state index in [0.29, 0.717) is 6.04 Å². The molecule has 1 saturated carbocycles. The van der Waals surface area contributed by atoms with Crippen molar-refractivity contribution in [1.29, 1.82) is 0 Å². The number of nitrogens with one attached hydrogen (secondary N) is 1. The van der Waals surface area contributed by atoms with Crippen LogP contribution in [0.15, 0.2) is 35.2 Å². The van der Waals surface area contributed by atoms with Crippen molar-refractivity contribution in [3.05, 3.63) is 30.3 Å². The van der Waals surface area contributed by atoms with Crippen molar-refractivity contribution in [1.82, 2.24) is 5.32 Å². The zero-order chi connectivity index (χ0) is 13.3. The van der Waals surface area contributed by atoms with Crippen LogP contribution in [0.1, 0.15) is 45.4 Å². The van der Waals surface area contributed by atoms with Gasteiger partial charge < -0.3 is 5.32 Å². The van der Waals surface area contributed by atoms with Gasteiger partial charge in [-0.2, -0.15) is 0 Å². The molecule has 0 radical (unpaired) electrons. The molecule has 1 aliphatic carbocycles. The minimum Gasteiger partial charge on any atom is -0.313 e. The maximum atomic E-state index is 3.73. The SMILES string of the molecule is CCNC(CSc1ccccc1)C1CCCCCC1. The summed E-state index contributed by atoms with van der Waals surface area (Å²) in [5, 5.41) is 3.73. The van der Waals surface area contributed by atoms with Crippen molar-refractivity contribution in [3.8, 4) is 0 Å². The fourth-order valence-corrected chi connectivity index (χ4v) is 4.15. The fraction of sp³-hybridized carbons (Fsp3) is 0.647. The summed E-state index contributed by atoms with van der Waals surface area (Å²) in [7, 11) is 0. The number of benzene rings is 1. The highest BCUT2D eigenvalue weighted by Gasteiger charge is 2.21. The minimum absolute atomic E-state index is 0.688. The first-order valence-corrected chi connectivity index (χ1v) is 8.80. The number of rotatable bonds is 6. The van der Waals surface area contributed by atoms with Gasteiger partial charge in [-0.05, 0) is 37.4 Å². The van der Waals surface area contributed by atoms with Crippen LogP contribution in [0.4, 0.5) is 0 Å². The second kappa shape index (κ2) is 8.65. The quantitative estimate of drug-likeness (QED) is 0.596. The Morgan fingerprint density at radius 2 is 1.79 bits per heavy atom. The van der Waals surface area contributed by atoms with Crippen molar-refractivity contribution < 1.29 is 0 Å². The lowest BCUT2D eigenvalue weighted by Gasteiger charge is -2.26. The number of thioether (sulfide) groups is 1. The van der Waals surface area contributed by atoms with E-state index in [4.69, 9.17) is 0 Å². The van der Waals surface area contributed by atoms with Gasteiger partial charge in [0.05, 0.1) is 0 Å². The second-order valence-electron chi connectivity index (χ2n) is 5.54. The third-order valence-electron chi connectivity index (χ3n) is 4.11. The molecular weight excluding hydrogens is 250 g/mol. The van der Waals surface area contributed by atoms with Crippen LogP contribution in [0, 0.1) is 5.92 Å². The van der Waals surface area contributed by atoms with Gasteiger partial charge in [-0.25, -0.2) is 0 Å². The molecule has 1 N–H and O–H groups in total. The summed E-state index contributed by atoms with van der Waals surface area (Å²) in [4.78, 5) is 1.40. The molecule has 1 aromatic carbocycles. The zero-order valence-electron chi connectivity index (χ0n) is 12.1. The van der Waals surface area contributed by atoms with Crippen LogP contribution in [0.5, 0.6) is 0 Å². The summed E-state index contributed by atoms with van der Waals surface area (Å²) in [6, 6.07) is 11.5. The maximum Gasteiger partial charge on any atom is 0.0189 e. The summed E-state index contributed by atoms with van der Waals surface area (Å²) < 4.78 is 0. The molecule has 0 saturated heterocycles. The standard InChI is InChI=1S/C17H27NS/c1-2-18-17(15-10-6-3-4-7-11-15)14-19-16-12-8-5-9-13-16/h5,8-9,12-13,15,17-18H,2-4,6-7,10-11,14H2,1H3. The second-order valence-corrected chi connectivity index (χ2v) is 6.63. The summed E-state index contributed by atoms with van der Waals surface area (Å²) in [5.74, 6) is 2.10. The minimum atomic E-state index is 0.688. The summed E-state index contributed by atoms with van der Waals surface area (Å²) in [6.45, 7) is 3.33. The fourth-order valence-electron chi connectivity index (χ4n) is 3.04. The van der Waals surface area contributed by atoms with Crippen molar-refractivity contribution in [2.24, 2.45) is 5.92 Å². The molecule has 19 heavy (non-hydrogen) atoms. The Balaban J connectivity index is 1.87. The van der Waals surface area contributed by atoms with Gasteiger partial charge in [-0.3, -0.25) is 0 Å². The highest BCUT2D eigenvalue weighted by Crippen LogP contribution is 2.29. The van der Waals surface area contributed by atoms with Gasteiger partial charge in [-0.1, -0.05) is 50.8 Å².